The summed E-state index contributed by atoms with van der Waals surface area (Å²) in [5.74, 6) is 1.60. The molecule has 0 radical (unpaired) electrons. The molecule has 3 aromatic rings. The Morgan fingerprint density at radius 3 is 2.61 bits per heavy atom. The Bertz CT molecular complexity index is 1030. The monoisotopic (exact) mass is 433 g/mol. The summed E-state index contributed by atoms with van der Waals surface area (Å²) in [6, 6.07) is 10.8. The third-order valence-electron chi connectivity index (χ3n) is 6.68. The molecule has 1 saturated heterocycles. The number of aryl methyl sites for hydroxylation is 3. The second kappa shape index (κ2) is 9.05. The quantitative estimate of drug-likeness (QED) is 0.554. The molecule has 5 rings (SSSR count). The molecule has 6 heteroatoms. The maximum Gasteiger partial charge on any atom is 0.188 e. The maximum absolute atomic E-state index is 4.73. The zero-order valence-corrected chi connectivity index (χ0v) is 19.3. The fourth-order valence-corrected chi connectivity index (χ4v) is 5.62. The van der Waals surface area contributed by atoms with Crippen LogP contribution in [0.25, 0.3) is 11.3 Å². The van der Waals surface area contributed by atoms with E-state index in [0.29, 0.717) is 0 Å². The highest BCUT2D eigenvalue weighted by atomic mass is 32.1. The van der Waals surface area contributed by atoms with E-state index in [0.717, 1.165) is 40.4 Å². The summed E-state index contributed by atoms with van der Waals surface area (Å²) < 4.78 is 0. The molecule has 0 unspecified atom stereocenters. The molecule has 0 atom stereocenters. The molecule has 1 N–H and O–H groups in total. The average molecular weight is 434 g/mol. The number of thiazole rings is 1. The molecular formula is C25H31N5S. The van der Waals surface area contributed by atoms with E-state index in [-0.39, 0.29) is 0 Å². The Labute approximate surface area is 188 Å². The van der Waals surface area contributed by atoms with E-state index in [9.17, 15) is 0 Å². The average Bonchev–Trinajstić information content (AvgIpc) is 3.14. The van der Waals surface area contributed by atoms with Crippen molar-refractivity contribution >= 4 is 22.3 Å². The van der Waals surface area contributed by atoms with Crippen LogP contribution >= 0.6 is 11.3 Å². The van der Waals surface area contributed by atoms with Crippen LogP contribution in [0.5, 0.6) is 0 Å². The van der Waals surface area contributed by atoms with Crippen molar-refractivity contribution in [3.05, 3.63) is 52.0 Å². The topological polar surface area (TPSA) is 53.9 Å². The number of aromatic nitrogens is 3. The van der Waals surface area contributed by atoms with Crippen LogP contribution in [0.4, 0.5) is 10.9 Å². The summed E-state index contributed by atoms with van der Waals surface area (Å²) in [4.78, 5) is 8.62. The van der Waals surface area contributed by atoms with E-state index in [1.807, 2.05) is 6.07 Å². The minimum atomic E-state index is 0.744. The molecule has 1 fully saturated rings. The molecule has 1 aromatic carbocycles. The van der Waals surface area contributed by atoms with Gasteiger partial charge in [0.05, 0.1) is 11.4 Å². The molecule has 2 aromatic heterocycles. The minimum absolute atomic E-state index is 0.744. The van der Waals surface area contributed by atoms with E-state index in [2.05, 4.69) is 58.5 Å². The van der Waals surface area contributed by atoms with Crippen molar-refractivity contribution in [2.75, 3.05) is 18.4 Å². The lowest BCUT2D eigenvalue weighted by Gasteiger charge is -2.29. The van der Waals surface area contributed by atoms with Gasteiger partial charge in [-0.3, -0.25) is 4.90 Å². The van der Waals surface area contributed by atoms with Crippen molar-refractivity contribution in [2.45, 2.75) is 58.9 Å². The number of hydrogen-bond acceptors (Lipinski definition) is 6. The van der Waals surface area contributed by atoms with Gasteiger partial charge in [-0.2, -0.15) is 0 Å². The van der Waals surface area contributed by atoms with Gasteiger partial charge in [0.15, 0.2) is 10.9 Å². The van der Waals surface area contributed by atoms with E-state index in [1.54, 1.807) is 11.3 Å². The molecule has 1 aliphatic heterocycles. The number of hydrogen-bond donors (Lipinski definition) is 1. The van der Waals surface area contributed by atoms with Gasteiger partial charge in [-0.15, -0.1) is 21.5 Å². The lowest BCUT2D eigenvalue weighted by Crippen LogP contribution is -2.32. The molecule has 1 aliphatic carbocycles. The number of rotatable bonds is 5. The first-order valence-electron chi connectivity index (χ1n) is 11.6. The second-order valence-electron chi connectivity index (χ2n) is 9.11. The van der Waals surface area contributed by atoms with Crippen LogP contribution in [0.1, 0.15) is 54.3 Å². The number of fused-ring (bicyclic) bond motifs is 1. The molecule has 0 saturated carbocycles. The number of nitrogens with zero attached hydrogens (tertiary/aromatic N) is 4. The van der Waals surface area contributed by atoms with Gasteiger partial charge in [0, 0.05) is 17.0 Å². The van der Waals surface area contributed by atoms with Gasteiger partial charge >= 0.3 is 0 Å². The van der Waals surface area contributed by atoms with Gasteiger partial charge in [-0.1, -0.05) is 19.1 Å². The molecular weight excluding hydrogens is 402 g/mol. The fourth-order valence-electron chi connectivity index (χ4n) is 4.61. The van der Waals surface area contributed by atoms with Crippen LogP contribution in [-0.2, 0) is 19.4 Å². The molecule has 0 bridgehead atoms. The first-order valence-corrected chi connectivity index (χ1v) is 12.4. The van der Waals surface area contributed by atoms with Gasteiger partial charge in [0.1, 0.15) is 0 Å². The largest absolute Gasteiger partial charge is 0.315 e. The van der Waals surface area contributed by atoms with Crippen LogP contribution in [0, 0.1) is 12.8 Å². The van der Waals surface area contributed by atoms with Crippen LogP contribution in [0.15, 0.2) is 30.3 Å². The minimum Gasteiger partial charge on any atom is -0.315 e. The normalized spacial score (nSPS) is 17.5. The lowest BCUT2D eigenvalue weighted by atomic mass is 9.90. The molecule has 3 heterocycles. The van der Waals surface area contributed by atoms with Crippen molar-refractivity contribution < 1.29 is 0 Å². The third-order valence-corrected chi connectivity index (χ3v) is 7.74. The van der Waals surface area contributed by atoms with E-state index < -0.39 is 0 Å². The zero-order valence-electron chi connectivity index (χ0n) is 18.5. The summed E-state index contributed by atoms with van der Waals surface area (Å²) in [7, 11) is 0. The Morgan fingerprint density at radius 2 is 1.84 bits per heavy atom. The number of benzene rings is 1. The number of anilines is 2. The molecule has 0 spiro atoms. The van der Waals surface area contributed by atoms with E-state index >= 15 is 0 Å². The summed E-state index contributed by atoms with van der Waals surface area (Å²) in [6.07, 6.45) is 7.58. The lowest BCUT2D eigenvalue weighted by molar-refractivity contribution is 0.186. The Kier molecular flexibility index (Phi) is 6.01. The summed E-state index contributed by atoms with van der Waals surface area (Å²) in [5.41, 5.74) is 6.17. The predicted octanol–water partition coefficient (Wildman–Crippen LogP) is 5.76. The first-order chi connectivity index (χ1) is 15.1. The molecule has 31 heavy (non-hydrogen) atoms. The SMILES string of the molecule is Cc1nc(Nc2ccc(-c3ccc4c(c3)CCCC4)nn2)sc1CN1CCC(C)CC1. The van der Waals surface area contributed by atoms with Crippen LogP contribution in [0.2, 0.25) is 0 Å². The van der Waals surface area contributed by atoms with Crippen molar-refractivity contribution in [2.24, 2.45) is 5.92 Å². The van der Waals surface area contributed by atoms with Crippen molar-refractivity contribution in [3.8, 4) is 11.3 Å². The van der Waals surface area contributed by atoms with E-state index in [1.165, 1.54) is 67.6 Å². The number of piperidine rings is 1. The molecule has 0 amide bonds. The van der Waals surface area contributed by atoms with Gasteiger partial charge in [-0.05, 0) is 93.8 Å². The van der Waals surface area contributed by atoms with Gasteiger partial charge in [0.2, 0.25) is 0 Å². The Morgan fingerprint density at radius 1 is 1.03 bits per heavy atom. The predicted molar refractivity (Wildman–Crippen MR) is 128 cm³/mol. The van der Waals surface area contributed by atoms with Crippen LogP contribution in [-0.4, -0.2) is 33.2 Å². The molecule has 162 valence electrons. The Hall–Kier alpha value is -2.31. The standard InChI is InChI=1S/C25H31N5S/c1-17-11-13-30(14-12-17)16-23-18(2)26-25(31-23)27-24-10-9-22(28-29-24)21-8-7-19-5-3-4-6-20(19)15-21/h7-10,15,17H,3-6,11-14,16H2,1-2H3,(H,26,27,29). The fraction of sp³-hybridized carbons (Fsp3) is 0.480. The second-order valence-corrected chi connectivity index (χ2v) is 10.2. The van der Waals surface area contributed by atoms with Crippen molar-refractivity contribution in [1.82, 2.24) is 20.1 Å². The summed E-state index contributed by atoms with van der Waals surface area (Å²) >= 11 is 1.73. The van der Waals surface area contributed by atoms with Gasteiger partial charge in [-0.25, -0.2) is 4.98 Å². The van der Waals surface area contributed by atoms with Crippen molar-refractivity contribution in [1.29, 1.82) is 0 Å². The smallest absolute Gasteiger partial charge is 0.188 e. The highest BCUT2D eigenvalue weighted by Crippen LogP contribution is 2.29. The summed E-state index contributed by atoms with van der Waals surface area (Å²) in [6.45, 7) is 7.85. The third kappa shape index (κ3) is 4.80. The van der Waals surface area contributed by atoms with Gasteiger partial charge < -0.3 is 5.32 Å². The summed E-state index contributed by atoms with van der Waals surface area (Å²) in [5, 5.41) is 13.2. The Balaban J connectivity index is 1.25. The highest BCUT2D eigenvalue weighted by molar-refractivity contribution is 7.15. The number of likely N-dealkylation sites (tertiary alicyclic amines) is 1. The molecule has 5 nitrogen and oxygen atoms in total. The number of nitrogens with one attached hydrogen (secondary N) is 1. The first kappa shape index (κ1) is 20.6. The van der Waals surface area contributed by atoms with Crippen LogP contribution < -0.4 is 5.32 Å². The van der Waals surface area contributed by atoms with Gasteiger partial charge in [0.25, 0.3) is 0 Å². The molecule has 2 aliphatic rings. The zero-order chi connectivity index (χ0) is 21.2. The highest BCUT2D eigenvalue weighted by Gasteiger charge is 2.18. The van der Waals surface area contributed by atoms with Crippen molar-refractivity contribution in [3.63, 3.8) is 0 Å². The maximum atomic E-state index is 4.73. The van der Waals surface area contributed by atoms with Crippen LogP contribution in [0.3, 0.4) is 0 Å². The van der Waals surface area contributed by atoms with E-state index in [4.69, 9.17) is 4.98 Å².